The van der Waals surface area contributed by atoms with Crippen molar-refractivity contribution in [2.45, 2.75) is 32.7 Å². The average Bonchev–Trinajstić information content (AvgIpc) is 2.75. The molecule has 0 unspecified atom stereocenters. The van der Waals surface area contributed by atoms with Crippen molar-refractivity contribution in [1.29, 1.82) is 0 Å². The van der Waals surface area contributed by atoms with E-state index in [0.29, 0.717) is 6.42 Å². The standard InChI is InChI=1S/C12H20N2O/c1-3-4-8-13(2)12(15)7-11-14-9-5-6-10-14/h5-6,9-10H,3-4,7-8,11H2,1-2H3. The van der Waals surface area contributed by atoms with Crippen LogP contribution in [0.2, 0.25) is 0 Å². The number of unbranched alkanes of at least 4 members (excludes halogenated alkanes) is 1. The second-order valence-electron chi connectivity index (χ2n) is 3.84. The van der Waals surface area contributed by atoms with Crippen molar-refractivity contribution < 1.29 is 4.79 Å². The molecule has 0 spiro atoms. The largest absolute Gasteiger partial charge is 0.354 e. The van der Waals surface area contributed by atoms with E-state index in [1.807, 2.05) is 41.0 Å². The summed E-state index contributed by atoms with van der Waals surface area (Å²) >= 11 is 0. The van der Waals surface area contributed by atoms with Crippen LogP contribution in [-0.4, -0.2) is 29.0 Å². The summed E-state index contributed by atoms with van der Waals surface area (Å²) in [5.74, 6) is 0.233. The third kappa shape index (κ3) is 4.19. The van der Waals surface area contributed by atoms with E-state index in [0.717, 1.165) is 25.9 Å². The molecule has 0 fully saturated rings. The smallest absolute Gasteiger partial charge is 0.224 e. The number of amides is 1. The highest BCUT2D eigenvalue weighted by molar-refractivity contribution is 5.75. The molecule has 1 aromatic rings. The first-order chi connectivity index (χ1) is 7.24. The molecule has 1 amide bonds. The van der Waals surface area contributed by atoms with Gasteiger partial charge in [0.1, 0.15) is 0 Å². The zero-order chi connectivity index (χ0) is 11.1. The van der Waals surface area contributed by atoms with Gasteiger partial charge in [0.15, 0.2) is 0 Å². The van der Waals surface area contributed by atoms with Crippen LogP contribution in [0.1, 0.15) is 26.2 Å². The van der Waals surface area contributed by atoms with Crippen LogP contribution in [0.3, 0.4) is 0 Å². The summed E-state index contributed by atoms with van der Waals surface area (Å²) in [6, 6.07) is 3.95. The summed E-state index contributed by atoms with van der Waals surface area (Å²) in [6.45, 7) is 3.79. The van der Waals surface area contributed by atoms with Crippen LogP contribution in [-0.2, 0) is 11.3 Å². The number of aryl methyl sites for hydroxylation is 1. The lowest BCUT2D eigenvalue weighted by molar-refractivity contribution is -0.130. The van der Waals surface area contributed by atoms with Crippen LogP contribution in [0.25, 0.3) is 0 Å². The molecule has 0 aliphatic rings. The van der Waals surface area contributed by atoms with Crippen molar-refractivity contribution in [3.8, 4) is 0 Å². The fourth-order valence-electron chi connectivity index (χ4n) is 1.45. The molecule has 0 aromatic carbocycles. The van der Waals surface area contributed by atoms with Gasteiger partial charge in [-0.05, 0) is 18.6 Å². The molecule has 84 valence electrons. The molecule has 0 N–H and O–H groups in total. The minimum Gasteiger partial charge on any atom is -0.354 e. The van der Waals surface area contributed by atoms with Crippen LogP contribution >= 0.6 is 0 Å². The third-order valence-corrected chi connectivity index (χ3v) is 2.52. The molecular weight excluding hydrogens is 188 g/mol. The van der Waals surface area contributed by atoms with E-state index in [1.165, 1.54) is 0 Å². The molecule has 0 aliphatic carbocycles. The fourth-order valence-corrected chi connectivity index (χ4v) is 1.45. The summed E-state index contributed by atoms with van der Waals surface area (Å²) in [7, 11) is 1.88. The summed E-state index contributed by atoms with van der Waals surface area (Å²) in [5.41, 5.74) is 0. The Balaban J connectivity index is 2.23. The van der Waals surface area contributed by atoms with Crippen molar-refractivity contribution in [3.63, 3.8) is 0 Å². The first kappa shape index (κ1) is 11.8. The molecule has 3 nitrogen and oxygen atoms in total. The van der Waals surface area contributed by atoms with Gasteiger partial charge in [-0.2, -0.15) is 0 Å². The third-order valence-electron chi connectivity index (χ3n) is 2.52. The number of rotatable bonds is 6. The second-order valence-corrected chi connectivity index (χ2v) is 3.84. The highest BCUT2D eigenvalue weighted by Gasteiger charge is 2.07. The molecule has 3 heteroatoms. The Labute approximate surface area is 91.7 Å². The van der Waals surface area contributed by atoms with Gasteiger partial charge in [-0.25, -0.2) is 0 Å². The zero-order valence-corrected chi connectivity index (χ0v) is 9.65. The maximum Gasteiger partial charge on any atom is 0.224 e. The Morgan fingerprint density at radius 1 is 1.33 bits per heavy atom. The van der Waals surface area contributed by atoms with Gasteiger partial charge in [-0.3, -0.25) is 4.79 Å². The van der Waals surface area contributed by atoms with Gasteiger partial charge >= 0.3 is 0 Å². The lowest BCUT2D eigenvalue weighted by Gasteiger charge is -2.16. The van der Waals surface area contributed by atoms with Crippen molar-refractivity contribution in [1.82, 2.24) is 9.47 Å². The molecule has 0 radical (unpaired) electrons. The van der Waals surface area contributed by atoms with Crippen LogP contribution < -0.4 is 0 Å². The van der Waals surface area contributed by atoms with E-state index >= 15 is 0 Å². The van der Waals surface area contributed by atoms with E-state index in [4.69, 9.17) is 0 Å². The SMILES string of the molecule is CCCCN(C)C(=O)CCn1cccc1. The Bertz CT molecular complexity index is 280. The summed E-state index contributed by atoms with van der Waals surface area (Å²) in [6.07, 6.45) is 6.79. The molecule has 1 aromatic heterocycles. The lowest BCUT2D eigenvalue weighted by atomic mass is 10.3. The Kier molecular flexibility index (Phi) is 4.95. The Morgan fingerprint density at radius 3 is 2.60 bits per heavy atom. The molecule has 0 bridgehead atoms. The summed E-state index contributed by atoms with van der Waals surface area (Å²) in [5, 5.41) is 0. The second kappa shape index (κ2) is 6.27. The van der Waals surface area contributed by atoms with Crippen LogP contribution in [0.15, 0.2) is 24.5 Å². The van der Waals surface area contributed by atoms with Gasteiger partial charge < -0.3 is 9.47 Å². The first-order valence-corrected chi connectivity index (χ1v) is 5.58. The van der Waals surface area contributed by atoms with Crippen molar-refractivity contribution in [3.05, 3.63) is 24.5 Å². The Morgan fingerprint density at radius 2 is 2.00 bits per heavy atom. The Hall–Kier alpha value is -1.25. The monoisotopic (exact) mass is 208 g/mol. The fraction of sp³-hybridized carbons (Fsp3) is 0.583. The minimum atomic E-state index is 0.233. The minimum absolute atomic E-state index is 0.233. The highest BCUT2D eigenvalue weighted by atomic mass is 16.2. The van der Waals surface area contributed by atoms with E-state index in [-0.39, 0.29) is 5.91 Å². The van der Waals surface area contributed by atoms with Gasteiger partial charge in [-0.15, -0.1) is 0 Å². The highest BCUT2D eigenvalue weighted by Crippen LogP contribution is 1.99. The van der Waals surface area contributed by atoms with Gasteiger partial charge in [0.2, 0.25) is 5.91 Å². The number of hydrogen-bond acceptors (Lipinski definition) is 1. The van der Waals surface area contributed by atoms with E-state index < -0.39 is 0 Å². The number of carbonyl (C=O) groups excluding carboxylic acids is 1. The molecule has 0 saturated heterocycles. The normalized spacial score (nSPS) is 10.3. The lowest BCUT2D eigenvalue weighted by Crippen LogP contribution is -2.28. The quantitative estimate of drug-likeness (QED) is 0.703. The predicted octanol–water partition coefficient (Wildman–Crippen LogP) is 2.14. The molecule has 1 rings (SSSR count). The van der Waals surface area contributed by atoms with Gasteiger partial charge in [-0.1, -0.05) is 13.3 Å². The van der Waals surface area contributed by atoms with Crippen LogP contribution in [0, 0.1) is 0 Å². The van der Waals surface area contributed by atoms with Crippen molar-refractivity contribution in [2.24, 2.45) is 0 Å². The van der Waals surface area contributed by atoms with E-state index in [1.54, 1.807) is 0 Å². The number of carbonyl (C=O) groups is 1. The molecule has 0 saturated carbocycles. The molecular formula is C12H20N2O. The number of aromatic nitrogens is 1. The van der Waals surface area contributed by atoms with E-state index in [9.17, 15) is 4.79 Å². The topological polar surface area (TPSA) is 25.2 Å². The molecule has 0 atom stereocenters. The van der Waals surface area contributed by atoms with Crippen LogP contribution in [0.5, 0.6) is 0 Å². The van der Waals surface area contributed by atoms with Gasteiger partial charge in [0, 0.05) is 39.0 Å². The first-order valence-electron chi connectivity index (χ1n) is 5.58. The van der Waals surface area contributed by atoms with Gasteiger partial charge in [0.25, 0.3) is 0 Å². The molecule has 1 heterocycles. The van der Waals surface area contributed by atoms with Crippen molar-refractivity contribution in [2.75, 3.05) is 13.6 Å². The zero-order valence-electron chi connectivity index (χ0n) is 9.65. The summed E-state index contributed by atoms with van der Waals surface area (Å²) < 4.78 is 2.03. The molecule has 15 heavy (non-hydrogen) atoms. The van der Waals surface area contributed by atoms with E-state index in [2.05, 4.69) is 6.92 Å². The maximum atomic E-state index is 11.7. The maximum absolute atomic E-state index is 11.7. The predicted molar refractivity (Wildman–Crippen MR) is 61.6 cm³/mol. The average molecular weight is 208 g/mol. The molecule has 0 aliphatic heterocycles. The summed E-state index contributed by atoms with van der Waals surface area (Å²) in [4.78, 5) is 13.5. The number of nitrogens with zero attached hydrogens (tertiary/aromatic N) is 2. The van der Waals surface area contributed by atoms with Crippen molar-refractivity contribution >= 4 is 5.91 Å². The number of hydrogen-bond donors (Lipinski definition) is 0. The van der Waals surface area contributed by atoms with Crippen LogP contribution in [0.4, 0.5) is 0 Å². The van der Waals surface area contributed by atoms with Gasteiger partial charge in [0.05, 0.1) is 0 Å².